The molecule has 0 radical (unpaired) electrons. The Bertz CT molecular complexity index is 1060. The summed E-state index contributed by atoms with van der Waals surface area (Å²) < 4.78 is 28.3. The summed E-state index contributed by atoms with van der Waals surface area (Å²) in [6, 6.07) is 13.4. The molecule has 0 atom stereocenters. The number of methoxy groups -OCH3 is 1. The number of aromatic nitrogens is 1. The van der Waals surface area contributed by atoms with E-state index in [2.05, 4.69) is 4.98 Å². The van der Waals surface area contributed by atoms with Crippen molar-refractivity contribution in [2.75, 3.05) is 19.1 Å². The van der Waals surface area contributed by atoms with E-state index in [4.69, 9.17) is 10.5 Å². The molecule has 3 N–H and O–H groups in total. The zero-order valence-electron chi connectivity index (χ0n) is 14.3. The van der Waals surface area contributed by atoms with Crippen molar-refractivity contribution in [3.8, 4) is 33.8 Å². The van der Waals surface area contributed by atoms with Gasteiger partial charge in [0.25, 0.3) is 0 Å². The van der Waals surface area contributed by atoms with E-state index in [9.17, 15) is 13.5 Å². The molecule has 0 unspecified atom stereocenters. The first-order valence-corrected chi connectivity index (χ1v) is 9.62. The van der Waals surface area contributed by atoms with Crippen LogP contribution in [0.5, 0.6) is 11.5 Å². The minimum Gasteiger partial charge on any atom is -0.504 e. The normalized spacial score (nSPS) is 11.3. The zero-order valence-corrected chi connectivity index (χ0v) is 15.1. The zero-order chi connectivity index (χ0) is 18.9. The van der Waals surface area contributed by atoms with Gasteiger partial charge >= 0.3 is 0 Å². The number of ether oxygens (including phenoxy) is 1. The third-order valence-electron chi connectivity index (χ3n) is 4.03. The van der Waals surface area contributed by atoms with Crippen LogP contribution in [0.2, 0.25) is 0 Å². The van der Waals surface area contributed by atoms with Gasteiger partial charge in [0.05, 0.1) is 12.0 Å². The first-order valence-electron chi connectivity index (χ1n) is 7.73. The Labute approximate surface area is 151 Å². The smallest absolute Gasteiger partial charge is 0.175 e. The second kappa shape index (κ2) is 6.68. The Morgan fingerprint density at radius 2 is 1.65 bits per heavy atom. The fourth-order valence-corrected chi connectivity index (χ4v) is 3.23. The standard InChI is InChI=1S/C19H18N2O4S/c1-25-18-10-13(5-8-17(18)22)16-9-14(11-21-19(16)20)12-3-6-15(7-4-12)26(2,23)24/h3-11,22H,1-2H3,(H2,20,21). The van der Waals surface area contributed by atoms with Gasteiger partial charge in [-0.2, -0.15) is 0 Å². The maximum absolute atomic E-state index is 11.6. The van der Waals surface area contributed by atoms with Crippen LogP contribution in [0.15, 0.2) is 59.6 Å². The second-order valence-electron chi connectivity index (χ2n) is 5.84. The highest BCUT2D eigenvalue weighted by Gasteiger charge is 2.11. The molecule has 3 rings (SSSR count). The molecular formula is C19H18N2O4S. The van der Waals surface area contributed by atoms with Crippen LogP contribution in [-0.2, 0) is 9.84 Å². The molecule has 0 fully saturated rings. The number of nitrogen functional groups attached to an aromatic ring is 1. The van der Waals surface area contributed by atoms with Crippen LogP contribution in [0.4, 0.5) is 5.82 Å². The summed E-state index contributed by atoms with van der Waals surface area (Å²) in [5, 5.41) is 9.75. The van der Waals surface area contributed by atoms with E-state index in [0.29, 0.717) is 17.1 Å². The maximum Gasteiger partial charge on any atom is 0.175 e. The molecule has 0 aliphatic carbocycles. The van der Waals surface area contributed by atoms with E-state index >= 15 is 0 Å². The SMILES string of the molecule is COc1cc(-c2cc(-c3ccc(S(C)(=O)=O)cc3)cnc2N)ccc1O. The number of anilines is 1. The van der Waals surface area contributed by atoms with Crippen molar-refractivity contribution in [3.63, 3.8) is 0 Å². The van der Waals surface area contributed by atoms with Gasteiger partial charge in [-0.1, -0.05) is 18.2 Å². The van der Waals surface area contributed by atoms with Crippen molar-refractivity contribution >= 4 is 15.7 Å². The number of phenols is 1. The fraction of sp³-hybridized carbons (Fsp3) is 0.105. The Balaban J connectivity index is 2.06. The van der Waals surface area contributed by atoms with E-state index in [1.807, 2.05) is 6.07 Å². The number of phenolic OH excluding ortho intramolecular Hbond substituents is 1. The van der Waals surface area contributed by atoms with E-state index in [1.54, 1.807) is 42.6 Å². The summed E-state index contributed by atoms with van der Waals surface area (Å²) in [5.74, 6) is 0.717. The minimum atomic E-state index is -3.24. The molecule has 3 aromatic rings. The molecule has 26 heavy (non-hydrogen) atoms. The predicted molar refractivity (Wildman–Crippen MR) is 101 cm³/mol. The molecule has 2 aromatic carbocycles. The van der Waals surface area contributed by atoms with Crippen molar-refractivity contribution in [2.24, 2.45) is 0 Å². The quantitative estimate of drug-likeness (QED) is 0.731. The molecule has 0 aliphatic heterocycles. The average molecular weight is 370 g/mol. The number of nitrogens with two attached hydrogens (primary N) is 1. The van der Waals surface area contributed by atoms with E-state index in [0.717, 1.165) is 16.7 Å². The Kier molecular flexibility index (Phi) is 4.56. The van der Waals surface area contributed by atoms with Crippen molar-refractivity contribution in [2.45, 2.75) is 4.90 Å². The first-order chi connectivity index (χ1) is 12.3. The first kappa shape index (κ1) is 17.8. The maximum atomic E-state index is 11.6. The molecule has 7 heteroatoms. The fourth-order valence-electron chi connectivity index (χ4n) is 2.60. The summed E-state index contributed by atoms with van der Waals surface area (Å²) in [5.41, 5.74) is 9.06. The van der Waals surface area contributed by atoms with Crippen LogP contribution >= 0.6 is 0 Å². The molecule has 6 nitrogen and oxygen atoms in total. The van der Waals surface area contributed by atoms with Crippen LogP contribution in [0, 0.1) is 0 Å². The van der Waals surface area contributed by atoms with Crippen molar-refractivity contribution < 1.29 is 18.3 Å². The molecular weight excluding hydrogens is 352 g/mol. The molecule has 0 saturated heterocycles. The summed E-state index contributed by atoms with van der Waals surface area (Å²) >= 11 is 0. The molecule has 0 bridgehead atoms. The van der Waals surface area contributed by atoms with Gasteiger partial charge in [0.15, 0.2) is 21.3 Å². The van der Waals surface area contributed by atoms with Gasteiger partial charge in [0, 0.05) is 23.6 Å². The highest BCUT2D eigenvalue weighted by atomic mass is 32.2. The number of hydrogen-bond acceptors (Lipinski definition) is 6. The number of pyridine rings is 1. The monoisotopic (exact) mass is 370 g/mol. The van der Waals surface area contributed by atoms with Gasteiger partial charge in [-0.05, 0) is 41.5 Å². The van der Waals surface area contributed by atoms with Gasteiger partial charge in [-0.25, -0.2) is 13.4 Å². The Morgan fingerprint density at radius 1 is 1.00 bits per heavy atom. The molecule has 0 amide bonds. The Morgan fingerprint density at radius 3 is 2.27 bits per heavy atom. The minimum absolute atomic E-state index is 0.0373. The number of nitrogens with zero attached hydrogens (tertiary/aromatic N) is 1. The number of aromatic hydroxyl groups is 1. The number of sulfone groups is 1. The second-order valence-corrected chi connectivity index (χ2v) is 7.86. The molecule has 0 aliphatic rings. The summed E-state index contributed by atoms with van der Waals surface area (Å²) in [4.78, 5) is 4.49. The number of benzene rings is 2. The van der Waals surface area contributed by atoms with Crippen LogP contribution in [0.25, 0.3) is 22.3 Å². The van der Waals surface area contributed by atoms with Crippen LogP contribution in [0.3, 0.4) is 0 Å². The number of hydrogen-bond donors (Lipinski definition) is 2. The van der Waals surface area contributed by atoms with Crippen LogP contribution in [-0.4, -0.2) is 31.9 Å². The van der Waals surface area contributed by atoms with Crippen LogP contribution in [0.1, 0.15) is 0 Å². The Hall–Kier alpha value is -3.06. The predicted octanol–water partition coefficient (Wildman–Crippen LogP) is 3.12. The van der Waals surface area contributed by atoms with Gasteiger partial charge < -0.3 is 15.6 Å². The lowest BCUT2D eigenvalue weighted by Crippen LogP contribution is -1.97. The lowest BCUT2D eigenvalue weighted by Gasteiger charge is -2.11. The average Bonchev–Trinajstić information content (AvgIpc) is 2.62. The van der Waals surface area contributed by atoms with E-state index < -0.39 is 9.84 Å². The summed E-state index contributed by atoms with van der Waals surface area (Å²) in [7, 11) is -1.77. The molecule has 1 aromatic heterocycles. The largest absolute Gasteiger partial charge is 0.504 e. The van der Waals surface area contributed by atoms with E-state index in [-0.39, 0.29) is 10.6 Å². The highest BCUT2D eigenvalue weighted by Crippen LogP contribution is 2.35. The van der Waals surface area contributed by atoms with Gasteiger partial charge in [0.2, 0.25) is 0 Å². The summed E-state index contributed by atoms with van der Waals surface area (Å²) in [6.45, 7) is 0. The highest BCUT2D eigenvalue weighted by molar-refractivity contribution is 7.90. The third-order valence-corrected chi connectivity index (χ3v) is 5.15. The number of rotatable bonds is 4. The molecule has 0 spiro atoms. The molecule has 134 valence electrons. The van der Waals surface area contributed by atoms with Gasteiger partial charge in [0.1, 0.15) is 5.82 Å². The lowest BCUT2D eigenvalue weighted by atomic mass is 10.0. The van der Waals surface area contributed by atoms with Crippen molar-refractivity contribution in [1.29, 1.82) is 0 Å². The van der Waals surface area contributed by atoms with Gasteiger partial charge in [-0.3, -0.25) is 0 Å². The topological polar surface area (TPSA) is 103 Å². The van der Waals surface area contributed by atoms with Crippen molar-refractivity contribution in [3.05, 3.63) is 54.7 Å². The van der Waals surface area contributed by atoms with E-state index in [1.165, 1.54) is 19.4 Å². The molecule has 1 heterocycles. The van der Waals surface area contributed by atoms with Gasteiger partial charge in [-0.15, -0.1) is 0 Å². The lowest BCUT2D eigenvalue weighted by molar-refractivity contribution is 0.373. The summed E-state index contributed by atoms with van der Waals surface area (Å²) in [6.07, 6.45) is 2.80. The van der Waals surface area contributed by atoms with Crippen molar-refractivity contribution in [1.82, 2.24) is 4.98 Å². The molecule has 0 saturated carbocycles. The third kappa shape index (κ3) is 3.48. The van der Waals surface area contributed by atoms with Crippen LogP contribution < -0.4 is 10.5 Å².